The van der Waals surface area contributed by atoms with Crippen molar-refractivity contribution in [3.8, 4) is 0 Å². The van der Waals surface area contributed by atoms with Crippen molar-refractivity contribution in [1.29, 1.82) is 0 Å². The van der Waals surface area contributed by atoms with Crippen molar-refractivity contribution in [2.75, 3.05) is 0 Å². The van der Waals surface area contributed by atoms with Gasteiger partial charge in [-0.15, -0.1) is 0 Å². The Labute approximate surface area is 114 Å². The van der Waals surface area contributed by atoms with E-state index >= 15 is 0 Å². The Morgan fingerprint density at radius 2 is 2.21 bits per heavy atom. The van der Waals surface area contributed by atoms with Crippen LogP contribution < -0.4 is 5.73 Å². The van der Waals surface area contributed by atoms with E-state index in [0.29, 0.717) is 5.41 Å². The van der Waals surface area contributed by atoms with Crippen LogP contribution in [0.3, 0.4) is 0 Å². The summed E-state index contributed by atoms with van der Waals surface area (Å²) in [6.07, 6.45) is 8.19. The first-order chi connectivity index (χ1) is 9.05. The number of aromatic nitrogens is 3. The smallest absolute Gasteiger partial charge is 0.0588 e. The van der Waals surface area contributed by atoms with Crippen molar-refractivity contribution >= 4 is 0 Å². The lowest BCUT2D eigenvalue weighted by molar-refractivity contribution is 0.274. The van der Waals surface area contributed by atoms with Gasteiger partial charge in [-0.1, -0.05) is 13.8 Å². The van der Waals surface area contributed by atoms with Gasteiger partial charge in [-0.3, -0.25) is 4.68 Å². The molecular weight excluding hydrogens is 236 g/mol. The topological polar surface area (TPSA) is 48.8 Å². The van der Waals surface area contributed by atoms with Crippen LogP contribution in [0, 0.1) is 5.41 Å². The summed E-state index contributed by atoms with van der Waals surface area (Å²) in [6, 6.07) is 4.34. The van der Waals surface area contributed by atoms with Crippen LogP contribution in [0.1, 0.15) is 37.6 Å². The Balaban J connectivity index is 1.80. The minimum absolute atomic E-state index is 0.185. The molecule has 0 spiro atoms. The van der Waals surface area contributed by atoms with Gasteiger partial charge in [0.1, 0.15) is 0 Å². The van der Waals surface area contributed by atoms with E-state index in [9.17, 15) is 0 Å². The molecule has 102 valence electrons. The van der Waals surface area contributed by atoms with Gasteiger partial charge in [-0.25, -0.2) is 0 Å². The van der Waals surface area contributed by atoms with Gasteiger partial charge in [-0.2, -0.15) is 5.10 Å². The molecule has 2 N–H and O–H groups in total. The van der Waals surface area contributed by atoms with E-state index < -0.39 is 0 Å². The number of hydrogen-bond donors (Lipinski definition) is 1. The largest absolute Gasteiger partial charge is 0.349 e. The summed E-state index contributed by atoms with van der Waals surface area (Å²) in [6.45, 7) is 6.48. The molecule has 2 aromatic rings. The first-order valence-corrected chi connectivity index (χ1v) is 6.96. The number of fused-ring (bicyclic) bond motifs is 1. The van der Waals surface area contributed by atoms with Crippen LogP contribution in [0.2, 0.25) is 0 Å². The third-order valence-electron chi connectivity index (χ3n) is 4.06. The van der Waals surface area contributed by atoms with Gasteiger partial charge in [0, 0.05) is 36.9 Å². The molecule has 0 aromatic carbocycles. The number of aryl methyl sites for hydroxylation is 2. The highest BCUT2D eigenvalue weighted by atomic mass is 15.3. The zero-order valence-corrected chi connectivity index (χ0v) is 11.7. The minimum Gasteiger partial charge on any atom is -0.349 e. The second kappa shape index (κ2) is 4.53. The van der Waals surface area contributed by atoms with E-state index in [4.69, 9.17) is 5.73 Å². The summed E-state index contributed by atoms with van der Waals surface area (Å²) >= 11 is 0. The summed E-state index contributed by atoms with van der Waals surface area (Å²) in [4.78, 5) is 0. The van der Waals surface area contributed by atoms with Gasteiger partial charge >= 0.3 is 0 Å². The summed E-state index contributed by atoms with van der Waals surface area (Å²) < 4.78 is 4.32. The molecule has 2 heterocycles. The molecule has 2 aromatic heterocycles. The van der Waals surface area contributed by atoms with Gasteiger partial charge in [-0.05, 0) is 36.0 Å². The minimum atomic E-state index is 0.185. The number of nitrogens with two attached hydrogens (primary N) is 1. The first kappa shape index (κ1) is 12.5. The summed E-state index contributed by atoms with van der Waals surface area (Å²) in [5.41, 5.74) is 9.34. The fourth-order valence-electron chi connectivity index (χ4n) is 3.15. The van der Waals surface area contributed by atoms with Crippen molar-refractivity contribution in [3.63, 3.8) is 0 Å². The molecule has 0 amide bonds. The van der Waals surface area contributed by atoms with E-state index in [2.05, 4.69) is 35.8 Å². The normalized spacial score (nSPS) is 21.3. The highest BCUT2D eigenvalue weighted by molar-refractivity contribution is 5.30. The third kappa shape index (κ3) is 2.45. The van der Waals surface area contributed by atoms with Gasteiger partial charge in [0.25, 0.3) is 0 Å². The SMILES string of the molecule is CC1(C)Cc2c(ccn2CCn2cccn2)C(N)C1. The van der Waals surface area contributed by atoms with Crippen molar-refractivity contribution in [2.45, 2.75) is 45.8 Å². The fourth-order valence-corrected chi connectivity index (χ4v) is 3.15. The average Bonchev–Trinajstić information content (AvgIpc) is 2.93. The van der Waals surface area contributed by atoms with Crippen LogP contribution in [-0.4, -0.2) is 14.3 Å². The second-order valence-electron chi connectivity index (χ2n) is 6.33. The summed E-state index contributed by atoms with van der Waals surface area (Å²) in [5, 5.41) is 4.25. The maximum atomic E-state index is 6.30. The predicted octanol–water partition coefficient (Wildman–Crippen LogP) is 2.36. The third-order valence-corrected chi connectivity index (χ3v) is 4.06. The van der Waals surface area contributed by atoms with Gasteiger partial charge < -0.3 is 10.3 Å². The molecule has 0 fully saturated rings. The molecule has 1 atom stereocenters. The summed E-state index contributed by atoms with van der Waals surface area (Å²) in [7, 11) is 0. The highest BCUT2D eigenvalue weighted by Gasteiger charge is 2.32. The number of nitrogens with zero attached hydrogens (tertiary/aromatic N) is 3. The van der Waals surface area contributed by atoms with Crippen LogP contribution in [0.4, 0.5) is 0 Å². The maximum Gasteiger partial charge on any atom is 0.0588 e. The van der Waals surface area contributed by atoms with E-state index in [1.807, 2.05) is 23.1 Å². The zero-order chi connectivity index (χ0) is 13.5. The molecule has 0 aliphatic heterocycles. The Morgan fingerprint density at radius 1 is 1.37 bits per heavy atom. The number of rotatable bonds is 3. The maximum absolute atomic E-state index is 6.30. The first-order valence-electron chi connectivity index (χ1n) is 6.96. The molecule has 0 bridgehead atoms. The van der Waals surface area contributed by atoms with Gasteiger partial charge in [0.05, 0.1) is 6.54 Å². The molecule has 0 saturated heterocycles. The Hall–Kier alpha value is -1.55. The van der Waals surface area contributed by atoms with Crippen LogP contribution in [-0.2, 0) is 19.5 Å². The van der Waals surface area contributed by atoms with E-state index in [-0.39, 0.29) is 6.04 Å². The molecule has 3 rings (SSSR count). The van der Waals surface area contributed by atoms with Crippen LogP contribution in [0.5, 0.6) is 0 Å². The Kier molecular flexibility index (Phi) is 2.97. The molecule has 0 saturated carbocycles. The standard InChI is InChI=1S/C15H22N4/c1-15(2)10-13(16)12-4-7-18(14(12)11-15)8-9-19-6-3-5-17-19/h3-7,13H,8-11,16H2,1-2H3. The Bertz CT molecular complexity index is 551. The van der Waals surface area contributed by atoms with E-state index in [0.717, 1.165) is 25.9 Å². The zero-order valence-electron chi connectivity index (χ0n) is 11.7. The van der Waals surface area contributed by atoms with Crippen molar-refractivity contribution in [1.82, 2.24) is 14.3 Å². The molecule has 19 heavy (non-hydrogen) atoms. The quantitative estimate of drug-likeness (QED) is 0.918. The monoisotopic (exact) mass is 258 g/mol. The van der Waals surface area contributed by atoms with Crippen LogP contribution in [0.25, 0.3) is 0 Å². The molecule has 1 aliphatic rings. The van der Waals surface area contributed by atoms with Crippen molar-refractivity contribution in [2.24, 2.45) is 11.1 Å². The van der Waals surface area contributed by atoms with E-state index in [1.165, 1.54) is 11.3 Å². The van der Waals surface area contributed by atoms with Gasteiger partial charge in [0.2, 0.25) is 0 Å². The van der Waals surface area contributed by atoms with Gasteiger partial charge in [0.15, 0.2) is 0 Å². The average molecular weight is 258 g/mol. The molecular formula is C15H22N4. The lowest BCUT2D eigenvalue weighted by Crippen LogP contribution is -2.30. The van der Waals surface area contributed by atoms with Crippen molar-refractivity contribution in [3.05, 3.63) is 42.0 Å². The second-order valence-corrected chi connectivity index (χ2v) is 6.33. The molecule has 1 aliphatic carbocycles. The highest BCUT2D eigenvalue weighted by Crippen LogP contribution is 2.39. The van der Waals surface area contributed by atoms with Crippen molar-refractivity contribution < 1.29 is 0 Å². The molecule has 1 unspecified atom stereocenters. The molecule has 4 nitrogen and oxygen atoms in total. The lowest BCUT2D eigenvalue weighted by Gasteiger charge is -2.34. The van der Waals surface area contributed by atoms with E-state index in [1.54, 1.807) is 0 Å². The van der Waals surface area contributed by atoms with Crippen LogP contribution >= 0.6 is 0 Å². The summed E-state index contributed by atoms with van der Waals surface area (Å²) in [5.74, 6) is 0. The fraction of sp³-hybridized carbons (Fsp3) is 0.533. The lowest BCUT2D eigenvalue weighted by atomic mass is 9.74. The predicted molar refractivity (Wildman–Crippen MR) is 75.7 cm³/mol. The Morgan fingerprint density at radius 3 is 2.95 bits per heavy atom. The molecule has 0 radical (unpaired) electrons. The van der Waals surface area contributed by atoms with Crippen LogP contribution in [0.15, 0.2) is 30.7 Å². The molecule has 4 heteroatoms. The number of hydrogen-bond acceptors (Lipinski definition) is 2.